The van der Waals surface area contributed by atoms with E-state index in [1.807, 2.05) is 30.3 Å². The van der Waals surface area contributed by atoms with Crippen molar-refractivity contribution in [3.8, 4) is 51.3 Å². The predicted octanol–water partition coefficient (Wildman–Crippen LogP) is 6.07. The number of carbonyl (C=O) groups is 1. The highest BCUT2D eigenvalue weighted by atomic mass is 16.5. The Labute approximate surface area is 260 Å². The van der Waals surface area contributed by atoms with Crippen LogP contribution in [0.15, 0.2) is 83.7 Å². The maximum Gasteiger partial charge on any atom is 0.355 e. The number of methoxy groups -OCH3 is 6. The van der Waals surface area contributed by atoms with Gasteiger partial charge in [-0.25, -0.2) is 4.79 Å². The van der Waals surface area contributed by atoms with E-state index in [1.165, 1.54) is 47.2 Å². The number of aromatic nitrogens is 1. The van der Waals surface area contributed by atoms with Crippen LogP contribution in [-0.2, 0) is 11.3 Å². The largest absolute Gasteiger partial charge is 0.493 e. The van der Waals surface area contributed by atoms with Crippen LogP contribution in [0.5, 0.6) is 34.5 Å². The summed E-state index contributed by atoms with van der Waals surface area (Å²) in [5, 5.41) is 0.694. The second kappa shape index (κ2) is 13.3. The van der Waals surface area contributed by atoms with Crippen LogP contribution in [0.25, 0.3) is 27.6 Å². The van der Waals surface area contributed by atoms with Crippen molar-refractivity contribution in [1.82, 2.24) is 4.57 Å². The smallest absolute Gasteiger partial charge is 0.355 e. The molecular formula is C35H33NO9. The summed E-state index contributed by atoms with van der Waals surface area (Å²) < 4.78 is 40.4. The molecule has 5 rings (SSSR count). The molecule has 45 heavy (non-hydrogen) atoms. The van der Waals surface area contributed by atoms with Crippen molar-refractivity contribution < 1.29 is 38.0 Å². The second-order valence-corrected chi connectivity index (χ2v) is 9.79. The summed E-state index contributed by atoms with van der Waals surface area (Å²) in [6.07, 6.45) is 0. The van der Waals surface area contributed by atoms with E-state index in [0.29, 0.717) is 63.3 Å². The monoisotopic (exact) mass is 611 g/mol. The Hall–Kier alpha value is -5.64. The van der Waals surface area contributed by atoms with Gasteiger partial charge in [0.15, 0.2) is 23.0 Å². The molecule has 0 saturated carbocycles. The molecule has 5 aromatic rings. The Morgan fingerprint density at radius 2 is 1.24 bits per heavy atom. The van der Waals surface area contributed by atoms with Gasteiger partial charge in [0.25, 0.3) is 5.56 Å². The lowest BCUT2D eigenvalue weighted by Gasteiger charge is -2.21. The summed E-state index contributed by atoms with van der Waals surface area (Å²) in [6, 6.07) is 23.3. The van der Waals surface area contributed by atoms with Crippen LogP contribution >= 0.6 is 0 Å². The quantitative estimate of drug-likeness (QED) is 0.165. The molecule has 0 N–H and O–H groups in total. The van der Waals surface area contributed by atoms with Crippen molar-refractivity contribution in [3.05, 3.63) is 100 Å². The van der Waals surface area contributed by atoms with Crippen LogP contribution in [-0.4, -0.2) is 53.2 Å². The van der Waals surface area contributed by atoms with Gasteiger partial charge in [-0.2, -0.15) is 0 Å². The molecule has 1 aromatic heterocycles. The van der Waals surface area contributed by atoms with Crippen molar-refractivity contribution >= 4 is 16.7 Å². The highest BCUT2D eigenvalue weighted by Gasteiger charge is 2.28. The lowest BCUT2D eigenvalue weighted by molar-refractivity contribution is 0.0591. The van der Waals surface area contributed by atoms with E-state index < -0.39 is 11.5 Å². The van der Waals surface area contributed by atoms with Gasteiger partial charge in [-0.1, -0.05) is 30.3 Å². The van der Waals surface area contributed by atoms with Crippen LogP contribution < -0.4 is 34.0 Å². The highest BCUT2D eigenvalue weighted by molar-refractivity contribution is 6.08. The number of nitrogens with zero attached hydrogens (tertiary/aromatic N) is 1. The summed E-state index contributed by atoms with van der Waals surface area (Å²) >= 11 is 0. The summed E-state index contributed by atoms with van der Waals surface area (Å²) in [7, 11) is 8.73. The van der Waals surface area contributed by atoms with E-state index >= 15 is 0 Å². The van der Waals surface area contributed by atoms with Crippen molar-refractivity contribution in [2.24, 2.45) is 0 Å². The number of pyridine rings is 1. The van der Waals surface area contributed by atoms with Crippen LogP contribution in [0.1, 0.15) is 16.1 Å². The molecule has 0 unspecified atom stereocenters. The Kier molecular flexibility index (Phi) is 9.13. The van der Waals surface area contributed by atoms with E-state index in [1.54, 1.807) is 48.5 Å². The molecule has 0 radical (unpaired) electrons. The summed E-state index contributed by atoms with van der Waals surface area (Å²) in [6.45, 7) is 0.371. The summed E-state index contributed by atoms with van der Waals surface area (Å²) in [5.41, 5.74) is 1.81. The van der Waals surface area contributed by atoms with Crippen molar-refractivity contribution in [2.75, 3.05) is 42.7 Å². The fourth-order valence-electron chi connectivity index (χ4n) is 5.21. The zero-order chi connectivity index (χ0) is 32.1. The van der Waals surface area contributed by atoms with Gasteiger partial charge in [0.1, 0.15) is 18.1 Å². The van der Waals surface area contributed by atoms with Gasteiger partial charge in [0.05, 0.1) is 48.0 Å². The number of rotatable bonds is 11. The molecule has 0 amide bonds. The van der Waals surface area contributed by atoms with Crippen LogP contribution in [0, 0.1) is 0 Å². The van der Waals surface area contributed by atoms with Gasteiger partial charge in [0.2, 0.25) is 5.75 Å². The normalized spacial score (nSPS) is 10.7. The average Bonchev–Trinajstić information content (AvgIpc) is 3.09. The average molecular weight is 612 g/mol. The SMILES string of the molecule is COC(=O)c1c(-c2cc(OC)c(OC)c(OC)c2)c2cc(OC)c(OC)cc2c(=O)n1-c1ccc(OCc2ccccc2)cc1. The van der Waals surface area contributed by atoms with E-state index in [-0.39, 0.29) is 11.1 Å². The molecule has 10 nitrogen and oxygen atoms in total. The van der Waals surface area contributed by atoms with Crippen molar-refractivity contribution in [2.45, 2.75) is 6.61 Å². The third-order valence-corrected chi connectivity index (χ3v) is 7.36. The number of benzene rings is 4. The molecule has 0 fully saturated rings. The van der Waals surface area contributed by atoms with E-state index in [2.05, 4.69) is 0 Å². The van der Waals surface area contributed by atoms with Crippen LogP contribution in [0.3, 0.4) is 0 Å². The Bertz CT molecular complexity index is 1870. The topological polar surface area (TPSA) is 104 Å². The molecule has 232 valence electrons. The van der Waals surface area contributed by atoms with Gasteiger partial charge < -0.3 is 33.2 Å². The third-order valence-electron chi connectivity index (χ3n) is 7.36. The predicted molar refractivity (Wildman–Crippen MR) is 170 cm³/mol. The fraction of sp³-hybridized carbons (Fsp3) is 0.200. The molecule has 0 atom stereocenters. The molecule has 0 bridgehead atoms. The minimum atomic E-state index is -0.739. The maximum absolute atomic E-state index is 14.3. The second-order valence-electron chi connectivity index (χ2n) is 9.79. The molecule has 10 heteroatoms. The first-order valence-electron chi connectivity index (χ1n) is 13.9. The number of hydrogen-bond donors (Lipinski definition) is 0. The zero-order valence-corrected chi connectivity index (χ0v) is 25.8. The molecule has 4 aromatic carbocycles. The molecule has 0 aliphatic heterocycles. The molecule has 0 saturated heterocycles. The van der Waals surface area contributed by atoms with Gasteiger partial charge >= 0.3 is 5.97 Å². The fourth-order valence-corrected chi connectivity index (χ4v) is 5.21. The molecule has 1 heterocycles. The lowest BCUT2D eigenvalue weighted by atomic mass is 9.95. The first-order chi connectivity index (χ1) is 21.9. The van der Waals surface area contributed by atoms with Crippen molar-refractivity contribution in [1.29, 1.82) is 0 Å². The Balaban J connectivity index is 1.81. The molecule has 0 aliphatic rings. The van der Waals surface area contributed by atoms with Gasteiger partial charge in [0, 0.05) is 16.6 Å². The standard InChI is InChI=1S/C35H33NO9/c1-39-27-18-25-26(19-28(27)40-2)34(37)36(23-12-14-24(15-13-23)45-20-21-10-8-7-9-11-21)32(35(38)44-6)31(25)22-16-29(41-3)33(43-5)30(17-22)42-4/h7-19H,20H2,1-6H3. The number of esters is 1. The Morgan fingerprint density at radius 3 is 1.78 bits per heavy atom. The van der Waals surface area contributed by atoms with Crippen molar-refractivity contribution in [3.63, 3.8) is 0 Å². The number of hydrogen-bond acceptors (Lipinski definition) is 9. The number of ether oxygens (including phenoxy) is 7. The molecular weight excluding hydrogens is 578 g/mol. The zero-order valence-electron chi connectivity index (χ0n) is 25.8. The van der Waals surface area contributed by atoms with E-state index in [4.69, 9.17) is 33.2 Å². The number of carbonyl (C=O) groups excluding carboxylic acids is 1. The minimum Gasteiger partial charge on any atom is -0.493 e. The maximum atomic E-state index is 14.3. The third kappa shape index (κ3) is 5.82. The first kappa shape index (κ1) is 30.8. The van der Waals surface area contributed by atoms with E-state index in [9.17, 15) is 9.59 Å². The van der Waals surface area contributed by atoms with Gasteiger partial charge in [-0.05, 0) is 59.7 Å². The lowest BCUT2D eigenvalue weighted by Crippen LogP contribution is -2.27. The molecule has 0 aliphatic carbocycles. The summed E-state index contributed by atoms with van der Waals surface area (Å²) in [5.74, 6) is 1.64. The minimum absolute atomic E-state index is 0.0190. The van der Waals surface area contributed by atoms with Crippen LogP contribution in [0.4, 0.5) is 0 Å². The van der Waals surface area contributed by atoms with Gasteiger partial charge in [-0.15, -0.1) is 0 Å². The Morgan fingerprint density at radius 1 is 0.667 bits per heavy atom. The summed E-state index contributed by atoms with van der Waals surface area (Å²) in [4.78, 5) is 28.0. The molecule has 0 spiro atoms. The van der Waals surface area contributed by atoms with Gasteiger partial charge in [-0.3, -0.25) is 9.36 Å². The first-order valence-corrected chi connectivity index (χ1v) is 13.9. The number of fused-ring (bicyclic) bond motifs is 1. The van der Waals surface area contributed by atoms with E-state index in [0.717, 1.165) is 5.56 Å². The van der Waals surface area contributed by atoms with Crippen LogP contribution in [0.2, 0.25) is 0 Å². The highest BCUT2D eigenvalue weighted by Crippen LogP contribution is 2.45.